The molecule has 5 heteroatoms. The molecular weight excluding hydrogens is 294 g/mol. The zero-order valence-corrected chi connectivity index (χ0v) is 13.4. The molecule has 0 amide bonds. The van der Waals surface area contributed by atoms with Crippen LogP contribution < -0.4 is 5.32 Å². The molecule has 0 fully saturated rings. The van der Waals surface area contributed by atoms with Gasteiger partial charge in [-0.1, -0.05) is 11.6 Å². The number of fused-ring (bicyclic) bond motifs is 1. The summed E-state index contributed by atoms with van der Waals surface area (Å²) in [6, 6.07) is 6.61. The number of thioether (sulfide) groups is 1. The van der Waals surface area contributed by atoms with Crippen LogP contribution in [0.5, 0.6) is 0 Å². The summed E-state index contributed by atoms with van der Waals surface area (Å²) in [5.41, 5.74) is 1.34. The highest BCUT2D eigenvalue weighted by atomic mass is 35.5. The number of nitrogens with one attached hydrogen (secondary N) is 1. The van der Waals surface area contributed by atoms with E-state index in [1.54, 1.807) is 7.11 Å². The maximum Gasteiger partial charge on any atom is 0.0700 e. The van der Waals surface area contributed by atoms with Crippen LogP contribution in [-0.4, -0.2) is 39.2 Å². The smallest absolute Gasteiger partial charge is 0.0700 e. The standard InChI is InChI=1S/C15H22ClNO2S/c1-18-8-9-19-7-2-6-17-14-5-10-20-15-4-3-12(16)11-13(14)15/h3-4,11,14,17H,2,5-10H2,1H3. The van der Waals surface area contributed by atoms with Gasteiger partial charge >= 0.3 is 0 Å². The van der Waals surface area contributed by atoms with Gasteiger partial charge in [-0.05, 0) is 48.9 Å². The first-order valence-corrected chi connectivity index (χ1v) is 8.40. The first kappa shape index (κ1) is 16.1. The lowest BCUT2D eigenvalue weighted by molar-refractivity contribution is 0.0692. The van der Waals surface area contributed by atoms with Crippen LogP contribution in [0.15, 0.2) is 23.1 Å². The highest BCUT2D eigenvalue weighted by Gasteiger charge is 2.20. The Hall–Kier alpha value is -0.260. The van der Waals surface area contributed by atoms with Crippen LogP contribution in [0.2, 0.25) is 5.02 Å². The first-order chi connectivity index (χ1) is 9.81. The Bertz CT molecular complexity index is 417. The molecule has 0 radical (unpaired) electrons. The van der Waals surface area contributed by atoms with Crippen molar-refractivity contribution in [2.24, 2.45) is 0 Å². The summed E-state index contributed by atoms with van der Waals surface area (Å²) in [6.07, 6.45) is 2.17. The van der Waals surface area contributed by atoms with E-state index in [1.807, 2.05) is 17.8 Å². The summed E-state index contributed by atoms with van der Waals surface area (Å²) in [4.78, 5) is 1.36. The average Bonchev–Trinajstić information content (AvgIpc) is 2.46. The van der Waals surface area contributed by atoms with Crippen molar-refractivity contribution in [3.63, 3.8) is 0 Å². The molecular formula is C15H22ClNO2S. The third-order valence-electron chi connectivity index (χ3n) is 3.30. The molecule has 112 valence electrons. The fourth-order valence-corrected chi connectivity index (χ4v) is 3.56. The monoisotopic (exact) mass is 315 g/mol. The van der Waals surface area contributed by atoms with Crippen molar-refractivity contribution in [3.8, 4) is 0 Å². The van der Waals surface area contributed by atoms with E-state index in [0.717, 1.165) is 36.8 Å². The van der Waals surface area contributed by atoms with Gasteiger partial charge in [0, 0.05) is 29.7 Å². The van der Waals surface area contributed by atoms with Crippen molar-refractivity contribution in [2.45, 2.75) is 23.8 Å². The largest absolute Gasteiger partial charge is 0.382 e. The lowest BCUT2D eigenvalue weighted by Gasteiger charge is -2.26. The fourth-order valence-electron chi connectivity index (χ4n) is 2.27. The van der Waals surface area contributed by atoms with E-state index in [4.69, 9.17) is 21.1 Å². The number of halogens is 1. The highest BCUT2D eigenvalue weighted by molar-refractivity contribution is 7.99. The molecule has 3 nitrogen and oxygen atoms in total. The number of benzene rings is 1. The van der Waals surface area contributed by atoms with E-state index in [9.17, 15) is 0 Å². The third-order valence-corrected chi connectivity index (χ3v) is 4.66. The minimum atomic E-state index is 0.420. The highest BCUT2D eigenvalue weighted by Crippen LogP contribution is 2.37. The van der Waals surface area contributed by atoms with Crippen LogP contribution in [0.25, 0.3) is 0 Å². The Balaban J connectivity index is 1.73. The number of hydrogen-bond acceptors (Lipinski definition) is 4. The molecule has 1 aromatic rings. The third kappa shape index (κ3) is 4.93. The van der Waals surface area contributed by atoms with Crippen molar-refractivity contribution in [3.05, 3.63) is 28.8 Å². The van der Waals surface area contributed by atoms with Crippen molar-refractivity contribution in [1.29, 1.82) is 0 Å². The van der Waals surface area contributed by atoms with E-state index in [2.05, 4.69) is 17.4 Å². The normalized spacial score (nSPS) is 18.0. The quantitative estimate of drug-likeness (QED) is 0.744. The Labute approximate surface area is 130 Å². The van der Waals surface area contributed by atoms with Crippen molar-refractivity contribution >= 4 is 23.4 Å². The van der Waals surface area contributed by atoms with Gasteiger partial charge in [-0.25, -0.2) is 0 Å². The fraction of sp³-hybridized carbons (Fsp3) is 0.600. The van der Waals surface area contributed by atoms with Gasteiger partial charge in [-0.3, -0.25) is 0 Å². The predicted molar refractivity (Wildman–Crippen MR) is 84.8 cm³/mol. The summed E-state index contributed by atoms with van der Waals surface area (Å²) < 4.78 is 10.4. The maximum absolute atomic E-state index is 6.11. The molecule has 0 saturated heterocycles. The van der Waals surface area contributed by atoms with Crippen LogP contribution in [0.3, 0.4) is 0 Å². The van der Waals surface area contributed by atoms with Crippen molar-refractivity contribution in [1.82, 2.24) is 5.32 Å². The van der Waals surface area contributed by atoms with Gasteiger partial charge in [0.25, 0.3) is 0 Å². The summed E-state index contributed by atoms with van der Waals surface area (Å²) in [7, 11) is 1.69. The second-order valence-corrected chi connectivity index (χ2v) is 6.36. The van der Waals surface area contributed by atoms with Crippen LogP contribution in [-0.2, 0) is 9.47 Å². The summed E-state index contributed by atoms with van der Waals surface area (Å²) in [5, 5.41) is 4.43. The molecule has 0 aromatic heterocycles. The molecule has 1 aliphatic rings. The lowest BCUT2D eigenvalue weighted by atomic mass is 10.0. The minimum absolute atomic E-state index is 0.420. The van der Waals surface area contributed by atoms with E-state index in [0.29, 0.717) is 19.3 Å². The van der Waals surface area contributed by atoms with Crippen LogP contribution >= 0.6 is 23.4 Å². The summed E-state index contributed by atoms with van der Waals surface area (Å²) in [6.45, 7) is 3.09. The van der Waals surface area contributed by atoms with Gasteiger partial charge < -0.3 is 14.8 Å². The Morgan fingerprint density at radius 3 is 3.10 bits per heavy atom. The van der Waals surface area contributed by atoms with Crippen LogP contribution in [0, 0.1) is 0 Å². The summed E-state index contributed by atoms with van der Waals surface area (Å²) >= 11 is 8.02. The molecule has 0 bridgehead atoms. The van der Waals surface area contributed by atoms with E-state index >= 15 is 0 Å². The van der Waals surface area contributed by atoms with Gasteiger partial charge in [-0.15, -0.1) is 11.8 Å². The zero-order valence-electron chi connectivity index (χ0n) is 11.9. The average molecular weight is 316 g/mol. The van der Waals surface area contributed by atoms with Crippen molar-refractivity contribution in [2.75, 3.05) is 39.2 Å². The minimum Gasteiger partial charge on any atom is -0.382 e. The van der Waals surface area contributed by atoms with Gasteiger partial charge in [0.05, 0.1) is 13.2 Å². The summed E-state index contributed by atoms with van der Waals surface area (Å²) in [5.74, 6) is 1.16. The topological polar surface area (TPSA) is 30.5 Å². The van der Waals surface area contributed by atoms with E-state index < -0.39 is 0 Å². The van der Waals surface area contributed by atoms with E-state index in [-0.39, 0.29) is 0 Å². The Morgan fingerprint density at radius 2 is 2.25 bits per heavy atom. The molecule has 20 heavy (non-hydrogen) atoms. The van der Waals surface area contributed by atoms with Gasteiger partial charge in [0.1, 0.15) is 0 Å². The number of ether oxygens (including phenoxy) is 2. The lowest BCUT2D eigenvalue weighted by Crippen LogP contribution is -2.26. The van der Waals surface area contributed by atoms with E-state index in [1.165, 1.54) is 10.5 Å². The molecule has 1 heterocycles. The predicted octanol–water partition coefficient (Wildman–Crippen LogP) is 3.52. The molecule has 1 N–H and O–H groups in total. The second kappa shape index (κ2) is 8.90. The molecule has 0 spiro atoms. The molecule has 0 saturated carbocycles. The first-order valence-electron chi connectivity index (χ1n) is 7.03. The number of hydrogen-bond donors (Lipinski definition) is 1. The van der Waals surface area contributed by atoms with Crippen molar-refractivity contribution < 1.29 is 9.47 Å². The number of rotatable bonds is 8. The molecule has 1 unspecified atom stereocenters. The van der Waals surface area contributed by atoms with Crippen LogP contribution in [0.4, 0.5) is 0 Å². The zero-order chi connectivity index (χ0) is 14.2. The second-order valence-electron chi connectivity index (χ2n) is 4.78. The molecule has 1 atom stereocenters. The molecule has 2 rings (SSSR count). The van der Waals surface area contributed by atoms with Gasteiger partial charge in [-0.2, -0.15) is 0 Å². The molecule has 1 aliphatic heterocycles. The van der Waals surface area contributed by atoms with Gasteiger partial charge in [0.15, 0.2) is 0 Å². The molecule has 0 aliphatic carbocycles. The number of methoxy groups -OCH3 is 1. The van der Waals surface area contributed by atoms with Crippen LogP contribution in [0.1, 0.15) is 24.4 Å². The Morgan fingerprint density at radius 1 is 1.35 bits per heavy atom. The maximum atomic E-state index is 6.11. The molecule has 1 aromatic carbocycles. The SMILES string of the molecule is COCCOCCCNC1CCSc2ccc(Cl)cc21. The van der Waals surface area contributed by atoms with Gasteiger partial charge in [0.2, 0.25) is 0 Å². The Kier molecular flexibility index (Phi) is 7.17.